The van der Waals surface area contributed by atoms with E-state index in [1.54, 1.807) is 0 Å². The van der Waals surface area contributed by atoms with Crippen LogP contribution in [0, 0.1) is 0 Å². The number of rotatable bonds is 3. The van der Waals surface area contributed by atoms with Gasteiger partial charge in [0.25, 0.3) is 0 Å². The molecule has 0 fully saturated rings. The summed E-state index contributed by atoms with van der Waals surface area (Å²) >= 11 is 0. The maximum atomic E-state index is 11.0. The minimum Gasteiger partial charge on any atom is -0.453 e. The standard InChI is InChI=1S/C13H16N2O3/c1-15-8-10(9-5-3-4-6-11(9)15)12(16)7-14-13(17)18-2/h3-6,8,12,16H,7H2,1-2H3,(H,14,17). The summed E-state index contributed by atoms with van der Waals surface area (Å²) in [5.74, 6) is 0. The van der Waals surface area contributed by atoms with Crippen LogP contribution in [0.5, 0.6) is 0 Å². The Hall–Kier alpha value is -2.01. The van der Waals surface area contributed by atoms with E-state index in [1.165, 1.54) is 7.11 Å². The van der Waals surface area contributed by atoms with E-state index < -0.39 is 12.2 Å². The van der Waals surface area contributed by atoms with Gasteiger partial charge in [0.15, 0.2) is 0 Å². The molecule has 2 N–H and O–H groups in total. The normalized spacial score (nSPS) is 12.4. The highest BCUT2D eigenvalue weighted by Gasteiger charge is 2.15. The van der Waals surface area contributed by atoms with Crippen molar-refractivity contribution in [1.29, 1.82) is 0 Å². The molecule has 0 aliphatic heterocycles. The number of aliphatic hydroxyl groups is 1. The van der Waals surface area contributed by atoms with E-state index in [9.17, 15) is 9.90 Å². The Labute approximate surface area is 105 Å². The van der Waals surface area contributed by atoms with Crippen molar-refractivity contribution in [2.24, 2.45) is 7.05 Å². The molecule has 0 aliphatic rings. The Morgan fingerprint density at radius 1 is 1.50 bits per heavy atom. The molecule has 1 heterocycles. The van der Waals surface area contributed by atoms with E-state index in [2.05, 4.69) is 10.1 Å². The van der Waals surface area contributed by atoms with Gasteiger partial charge in [0, 0.05) is 29.7 Å². The van der Waals surface area contributed by atoms with Crippen LogP contribution in [-0.4, -0.2) is 29.4 Å². The number of nitrogens with zero attached hydrogens (tertiary/aromatic N) is 1. The maximum Gasteiger partial charge on any atom is 0.406 e. The van der Waals surface area contributed by atoms with Crippen LogP contribution in [0.4, 0.5) is 4.79 Å². The fourth-order valence-corrected chi connectivity index (χ4v) is 2.00. The molecule has 5 nitrogen and oxygen atoms in total. The summed E-state index contributed by atoms with van der Waals surface area (Å²) in [6, 6.07) is 7.81. The fourth-order valence-electron chi connectivity index (χ4n) is 2.00. The lowest BCUT2D eigenvalue weighted by atomic mass is 10.1. The number of aliphatic hydroxyl groups excluding tert-OH is 1. The Bertz CT molecular complexity index is 562. The van der Waals surface area contributed by atoms with E-state index in [0.717, 1.165) is 16.5 Å². The topological polar surface area (TPSA) is 63.5 Å². The number of aromatic nitrogens is 1. The first kappa shape index (κ1) is 12.4. The number of amides is 1. The Morgan fingerprint density at radius 2 is 2.22 bits per heavy atom. The van der Waals surface area contributed by atoms with Crippen LogP contribution in [-0.2, 0) is 11.8 Å². The number of carbonyl (C=O) groups excluding carboxylic acids is 1. The second-order valence-electron chi connectivity index (χ2n) is 4.10. The minimum absolute atomic E-state index is 0.126. The largest absolute Gasteiger partial charge is 0.453 e. The molecule has 0 spiro atoms. The number of hydrogen-bond acceptors (Lipinski definition) is 3. The SMILES string of the molecule is COC(=O)NCC(O)c1cn(C)c2ccccc12. The van der Waals surface area contributed by atoms with E-state index in [0.29, 0.717) is 0 Å². The summed E-state index contributed by atoms with van der Waals surface area (Å²) in [7, 11) is 3.21. The third-order valence-corrected chi connectivity index (χ3v) is 2.91. The zero-order valence-corrected chi connectivity index (χ0v) is 10.4. The number of carbonyl (C=O) groups is 1. The molecule has 5 heteroatoms. The van der Waals surface area contributed by atoms with Crippen molar-refractivity contribution in [3.63, 3.8) is 0 Å². The van der Waals surface area contributed by atoms with Gasteiger partial charge in [-0.3, -0.25) is 0 Å². The highest BCUT2D eigenvalue weighted by molar-refractivity contribution is 5.84. The van der Waals surface area contributed by atoms with Crippen molar-refractivity contribution in [3.05, 3.63) is 36.0 Å². The monoisotopic (exact) mass is 248 g/mol. The van der Waals surface area contributed by atoms with Crippen molar-refractivity contribution in [1.82, 2.24) is 9.88 Å². The van der Waals surface area contributed by atoms with Crippen molar-refractivity contribution in [2.75, 3.05) is 13.7 Å². The van der Waals surface area contributed by atoms with E-state index >= 15 is 0 Å². The number of ether oxygens (including phenoxy) is 1. The summed E-state index contributed by atoms with van der Waals surface area (Å²) in [4.78, 5) is 11.0. The molecule has 0 saturated heterocycles. The lowest BCUT2D eigenvalue weighted by Crippen LogP contribution is -2.28. The number of hydrogen-bond donors (Lipinski definition) is 2. The van der Waals surface area contributed by atoms with Crippen LogP contribution in [0.25, 0.3) is 10.9 Å². The highest BCUT2D eigenvalue weighted by Crippen LogP contribution is 2.25. The molecule has 0 aliphatic carbocycles. The first-order valence-electron chi connectivity index (χ1n) is 5.67. The summed E-state index contributed by atoms with van der Waals surface area (Å²) in [6.07, 6.45) is 0.568. The molecule has 1 amide bonds. The summed E-state index contributed by atoms with van der Waals surface area (Å²) in [5.41, 5.74) is 1.84. The molecule has 2 rings (SSSR count). The number of methoxy groups -OCH3 is 1. The van der Waals surface area contributed by atoms with Gasteiger partial charge < -0.3 is 19.7 Å². The van der Waals surface area contributed by atoms with Crippen LogP contribution >= 0.6 is 0 Å². The molecule has 1 aromatic carbocycles. The first-order valence-corrected chi connectivity index (χ1v) is 5.67. The third-order valence-electron chi connectivity index (χ3n) is 2.91. The van der Waals surface area contributed by atoms with Gasteiger partial charge in [-0.15, -0.1) is 0 Å². The number of fused-ring (bicyclic) bond motifs is 1. The molecule has 18 heavy (non-hydrogen) atoms. The van der Waals surface area contributed by atoms with E-state index in [1.807, 2.05) is 42.1 Å². The molecular weight excluding hydrogens is 232 g/mol. The zero-order valence-electron chi connectivity index (χ0n) is 10.4. The number of para-hydroxylation sites is 1. The molecule has 1 atom stereocenters. The van der Waals surface area contributed by atoms with Crippen molar-refractivity contribution < 1.29 is 14.6 Å². The van der Waals surface area contributed by atoms with Crippen molar-refractivity contribution >= 4 is 17.0 Å². The summed E-state index contributed by atoms with van der Waals surface area (Å²) < 4.78 is 6.41. The van der Waals surface area contributed by atoms with Crippen molar-refractivity contribution in [3.8, 4) is 0 Å². The van der Waals surface area contributed by atoms with Gasteiger partial charge in [-0.25, -0.2) is 4.79 Å². The van der Waals surface area contributed by atoms with E-state index in [-0.39, 0.29) is 6.54 Å². The fraction of sp³-hybridized carbons (Fsp3) is 0.308. The number of alkyl carbamates (subject to hydrolysis) is 1. The molecular formula is C13H16N2O3. The lowest BCUT2D eigenvalue weighted by molar-refractivity contribution is 0.148. The Balaban J connectivity index is 2.22. The Kier molecular flexibility index (Phi) is 3.53. The van der Waals surface area contributed by atoms with Gasteiger partial charge in [-0.2, -0.15) is 0 Å². The van der Waals surface area contributed by atoms with Crippen LogP contribution in [0.3, 0.4) is 0 Å². The predicted octanol–water partition coefficient (Wildman–Crippen LogP) is 1.57. The molecule has 0 bridgehead atoms. The quantitative estimate of drug-likeness (QED) is 0.866. The van der Waals surface area contributed by atoms with E-state index in [4.69, 9.17) is 0 Å². The van der Waals surface area contributed by atoms with Crippen molar-refractivity contribution in [2.45, 2.75) is 6.10 Å². The van der Waals surface area contributed by atoms with Gasteiger partial charge in [-0.1, -0.05) is 18.2 Å². The van der Waals surface area contributed by atoms with Crippen LogP contribution in [0.2, 0.25) is 0 Å². The minimum atomic E-state index is -0.754. The second-order valence-corrected chi connectivity index (χ2v) is 4.10. The van der Waals surface area contributed by atoms with Crippen LogP contribution in [0.1, 0.15) is 11.7 Å². The summed E-state index contributed by atoms with van der Waals surface area (Å²) in [6.45, 7) is 0.126. The van der Waals surface area contributed by atoms with Gasteiger partial charge >= 0.3 is 6.09 Å². The second kappa shape index (κ2) is 5.10. The molecule has 0 saturated carbocycles. The molecule has 1 unspecified atom stereocenters. The van der Waals surface area contributed by atoms with Crippen LogP contribution in [0.15, 0.2) is 30.5 Å². The molecule has 2 aromatic rings. The maximum absolute atomic E-state index is 11.0. The van der Waals surface area contributed by atoms with Crippen LogP contribution < -0.4 is 5.32 Å². The number of aryl methyl sites for hydroxylation is 1. The van der Waals surface area contributed by atoms with Gasteiger partial charge in [0.1, 0.15) is 0 Å². The lowest BCUT2D eigenvalue weighted by Gasteiger charge is -2.10. The smallest absolute Gasteiger partial charge is 0.406 e. The average molecular weight is 248 g/mol. The van der Waals surface area contributed by atoms with Gasteiger partial charge in [0.2, 0.25) is 0 Å². The Morgan fingerprint density at radius 3 is 2.94 bits per heavy atom. The highest BCUT2D eigenvalue weighted by atomic mass is 16.5. The molecule has 1 aromatic heterocycles. The molecule has 0 radical (unpaired) electrons. The first-order chi connectivity index (χ1) is 8.63. The number of benzene rings is 1. The van der Waals surface area contributed by atoms with Gasteiger partial charge in [-0.05, 0) is 6.07 Å². The number of nitrogens with one attached hydrogen (secondary N) is 1. The third kappa shape index (κ3) is 2.31. The average Bonchev–Trinajstić information content (AvgIpc) is 2.74. The zero-order chi connectivity index (χ0) is 13.1. The summed E-state index contributed by atoms with van der Waals surface area (Å²) in [5, 5.41) is 13.6. The van der Waals surface area contributed by atoms with Gasteiger partial charge in [0.05, 0.1) is 19.8 Å². The molecule has 96 valence electrons. The predicted molar refractivity (Wildman–Crippen MR) is 68.3 cm³/mol.